The Labute approximate surface area is 138 Å². The van der Waals surface area contributed by atoms with Crippen LogP contribution < -0.4 is 5.32 Å². The van der Waals surface area contributed by atoms with E-state index in [-0.39, 0.29) is 11.7 Å². The molecule has 1 aliphatic heterocycles. The maximum Gasteiger partial charge on any atom is 0.259 e. The number of carbonyl (C=O) groups excluding carboxylic acids is 1. The summed E-state index contributed by atoms with van der Waals surface area (Å²) < 4.78 is 0.449. The minimum absolute atomic E-state index is 0.00978. The van der Waals surface area contributed by atoms with Gasteiger partial charge in [-0.1, -0.05) is 18.2 Å². The van der Waals surface area contributed by atoms with Crippen LogP contribution in [0, 0.1) is 6.92 Å². The summed E-state index contributed by atoms with van der Waals surface area (Å²) in [6.07, 6.45) is 0. The molecule has 1 fully saturated rings. The van der Waals surface area contributed by atoms with Gasteiger partial charge >= 0.3 is 0 Å². The van der Waals surface area contributed by atoms with Gasteiger partial charge in [0.15, 0.2) is 0 Å². The van der Waals surface area contributed by atoms with Crippen molar-refractivity contribution in [3.8, 4) is 5.75 Å². The minimum atomic E-state index is -0.290. The van der Waals surface area contributed by atoms with Crippen LogP contribution in [0.4, 0.5) is 5.69 Å². The molecule has 1 amide bonds. The van der Waals surface area contributed by atoms with Gasteiger partial charge in [-0.15, -0.1) is 23.5 Å². The number of phenolic OH excluding ortho intramolecular Hbond substituents is 1. The van der Waals surface area contributed by atoms with E-state index in [1.165, 1.54) is 17.1 Å². The molecule has 0 aliphatic carbocycles. The zero-order chi connectivity index (χ0) is 15.5. The van der Waals surface area contributed by atoms with Crippen molar-refractivity contribution in [2.24, 2.45) is 0 Å². The molecular formula is C17H17NO2S2. The molecule has 22 heavy (non-hydrogen) atoms. The van der Waals surface area contributed by atoms with E-state index < -0.39 is 0 Å². The van der Waals surface area contributed by atoms with Gasteiger partial charge in [0.25, 0.3) is 5.91 Å². The van der Waals surface area contributed by atoms with Crippen LogP contribution in [0.1, 0.15) is 26.1 Å². The summed E-state index contributed by atoms with van der Waals surface area (Å²) in [7, 11) is 0. The maximum absolute atomic E-state index is 12.3. The van der Waals surface area contributed by atoms with Crippen molar-refractivity contribution in [3.63, 3.8) is 0 Å². The molecule has 3 nitrogen and oxygen atoms in total. The van der Waals surface area contributed by atoms with Crippen LogP contribution in [0.5, 0.6) is 5.75 Å². The Kier molecular flexibility index (Phi) is 4.64. The van der Waals surface area contributed by atoms with E-state index in [4.69, 9.17) is 0 Å². The fourth-order valence-corrected chi connectivity index (χ4v) is 5.18. The quantitative estimate of drug-likeness (QED) is 0.873. The van der Waals surface area contributed by atoms with Crippen LogP contribution in [0.25, 0.3) is 0 Å². The van der Waals surface area contributed by atoms with Gasteiger partial charge in [0.2, 0.25) is 0 Å². The second kappa shape index (κ2) is 6.67. The van der Waals surface area contributed by atoms with Gasteiger partial charge < -0.3 is 10.4 Å². The first kappa shape index (κ1) is 15.3. The summed E-state index contributed by atoms with van der Waals surface area (Å²) in [4.78, 5) is 12.3. The van der Waals surface area contributed by atoms with Crippen LogP contribution in [0.15, 0.2) is 42.5 Å². The molecule has 0 saturated carbocycles. The monoisotopic (exact) mass is 331 g/mol. The topological polar surface area (TPSA) is 49.3 Å². The molecule has 2 aromatic carbocycles. The zero-order valence-electron chi connectivity index (χ0n) is 12.2. The van der Waals surface area contributed by atoms with E-state index in [2.05, 4.69) is 11.4 Å². The van der Waals surface area contributed by atoms with Crippen LogP contribution in [0.2, 0.25) is 0 Å². The molecule has 0 aromatic heterocycles. The zero-order valence-corrected chi connectivity index (χ0v) is 13.8. The molecule has 0 bridgehead atoms. The SMILES string of the molecule is Cc1ccc(C(=O)Nc2cccc(C3SCCS3)c2)c(O)c1. The van der Waals surface area contributed by atoms with E-state index in [9.17, 15) is 9.90 Å². The second-order valence-electron chi connectivity index (χ2n) is 5.17. The summed E-state index contributed by atoms with van der Waals surface area (Å²) in [6, 6.07) is 13.0. The number of rotatable bonds is 3. The van der Waals surface area contributed by atoms with Crippen LogP contribution in [0.3, 0.4) is 0 Å². The molecule has 114 valence electrons. The van der Waals surface area contributed by atoms with E-state index in [1.54, 1.807) is 12.1 Å². The number of amides is 1. The summed E-state index contributed by atoms with van der Waals surface area (Å²) >= 11 is 3.87. The molecule has 1 saturated heterocycles. The Morgan fingerprint density at radius 3 is 2.68 bits per heavy atom. The number of benzene rings is 2. The predicted molar refractivity (Wildman–Crippen MR) is 94.9 cm³/mol. The Bertz CT molecular complexity index is 697. The van der Waals surface area contributed by atoms with Gasteiger partial charge in [0.05, 0.1) is 10.1 Å². The molecule has 0 radical (unpaired) electrons. The Balaban J connectivity index is 1.77. The average Bonchev–Trinajstić information content (AvgIpc) is 3.01. The third kappa shape index (κ3) is 3.42. The number of aromatic hydroxyl groups is 1. The molecule has 0 spiro atoms. The third-order valence-corrected chi connectivity index (χ3v) is 6.54. The van der Waals surface area contributed by atoms with Crippen molar-refractivity contribution in [1.29, 1.82) is 0 Å². The fourth-order valence-electron chi connectivity index (χ4n) is 2.35. The second-order valence-corrected chi connectivity index (χ2v) is 7.90. The smallest absolute Gasteiger partial charge is 0.259 e. The molecule has 2 N–H and O–H groups in total. The number of carbonyl (C=O) groups is 1. The largest absolute Gasteiger partial charge is 0.507 e. The van der Waals surface area contributed by atoms with Crippen LogP contribution in [-0.4, -0.2) is 22.5 Å². The van der Waals surface area contributed by atoms with E-state index in [0.717, 1.165) is 11.3 Å². The highest BCUT2D eigenvalue weighted by atomic mass is 32.2. The minimum Gasteiger partial charge on any atom is -0.507 e. The lowest BCUT2D eigenvalue weighted by Crippen LogP contribution is -2.12. The molecular weight excluding hydrogens is 314 g/mol. The number of hydrogen-bond donors (Lipinski definition) is 2. The molecule has 2 aromatic rings. The Morgan fingerprint density at radius 1 is 1.18 bits per heavy atom. The van der Waals surface area contributed by atoms with E-state index >= 15 is 0 Å². The van der Waals surface area contributed by atoms with E-state index in [0.29, 0.717) is 10.1 Å². The first-order valence-corrected chi connectivity index (χ1v) is 9.17. The molecule has 3 rings (SSSR count). The van der Waals surface area contributed by atoms with Gasteiger partial charge in [-0.2, -0.15) is 0 Å². The lowest BCUT2D eigenvalue weighted by Gasteiger charge is -2.12. The lowest BCUT2D eigenvalue weighted by atomic mass is 10.1. The highest BCUT2D eigenvalue weighted by Crippen LogP contribution is 2.45. The third-order valence-electron chi connectivity index (χ3n) is 3.44. The average molecular weight is 331 g/mol. The maximum atomic E-state index is 12.3. The number of phenols is 1. The van der Waals surface area contributed by atoms with E-state index in [1.807, 2.05) is 54.7 Å². The molecule has 0 atom stereocenters. The number of nitrogens with one attached hydrogen (secondary N) is 1. The standard InChI is InChI=1S/C17H17NO2S2/c1-11-5-6-14(15(19)9-11)16(20)18-13-4-2-3-12(10-13)17-21-7-8-22-17/h2-6,9-10,17,19H,7-8H2,1H3,(H,18,20). The van der Waals surface area contributed by atoms with Crippen molar-refractivity contribution in [2.75, 3.05) is 16.8 Å². The van der Waals surface area contributed by atoms with Crippen molar-refractivity contribution in [1.82, 2.24) is 0 Å². The van der Waals surface area contributed by atoms with Gasteiger partial charge in [-0.3, -0.25) is 4.79 Å². The normalized spacial score (nSPS) is 15.0. The number of thioether (sulfide) groups is 2. The van der Waals surface area contributed by atoms with Gasteiger partial charge in [0.1, 0.15) is 5.75 Å². The number of anilines is 1. The lowest BCUT2D eigenvalue weighted by molar-refractivity contribution is 0.102. The van der Waals surface area contributed by atoms with Crippen LogP contribution >= 0.6 is 23.5 Å². The first-order valence-electron chi connectivity index (χ1n) is 7.07. The van der Waals surface area contributed by atoms with Crippen molar-refractivity contribution in [2.45, 2.75) is 11.5 Å². The predicted octanol–water partition coefficient (Wildman–Crippen LogP) is 4.43. The molecule has 1 heterocycles. The summed E-state index contributed by atoms with van der Waals surface area (Å²) in [5, 5.41) is 12.8. The van der Waals surface area contributed by atoms with Gasteiger partial charge in [0, 0.05) is 17.2 Å². The van der Waals surface area contributed by atoms with Gasteiger partial charge in [-0.25, -0.2) is 0 Å². The number of hydrogen-bond acceptors (Lipinski definition) is 4. The first-order chi connectivity index (χ1) is 10.6. The van der Waals surface area contributed by atoms with Crippen LogP contribution in [-0.2, 0) is 0 Å². The molecule has 5 heteroatoms. The number of aryl methyl sites for hydroxylation is 1. The summed E-state index contributed by atoms with van der Waals surface area (Å²) in [5.74, 6) is 2.06. The Morgan fingerprint density at radius 2 is 1.95 bits per heavy atom. The molecule has 0 unspecified atom stereocenters. The molecule has 1 aliphatic rings. The summed E-state index contributed by atoms with van der Waals surface area (Å²) in [6.45, 7) is 1.88. The van der Waals surface area contributed by atoms with Gasteiger partial charge in [-0.05, 0) is 42.3 Å². The van der Waals surface area contributed by atoms with Crippen molar-refractivity contribution >= 4 is 35.1 Å². The Hall–Kier alpha value is -1.59. The van der Waals surface area contributed by atoms with Crippen molar-refractivity contribution in [3.05, 3.63) is 59.2 Å². The highest BCUT2D eigenvalue weighted by Gasteiger charge is 2.19. The van der Waals surface area contributed by atoms with Crippen molar-refractivity contribution < 1.29 is 9.90 Å². The fraction of sp³-hybridized carbons (Fsp3) is 0.235. The highest BCUT2D eigenvalue weighted by molar-refractivity contribution is 8.19. The summed E-state index contributed by atoms with van der Waals surface area (Å²) in [5.41, 5.74) is 3.20.